The number of fused-ring (bicyclic) bond motifs is 8. The Labute approximate surface area is 182 Å². The van der Waals surface area contributed by atoms with Crippen LogP contribution < -0.4 is 17.0 Å². The highest BCUT2D eigenvalue weighted by molar-refractivity contribution is 5.97. The summed E-state index contributed by atoms with van der Waals surface area (Å²) in [5.41, 5.74) is 3.67. The molecule has 2 aromatic carbocycles. The largest absolute Gasteiger partial charge is 1.00 e. The van der Waals surface area contributed by atoms with Crippen molar-refractivity contribution in [2.45, 2.75) is 55.6 Å². The number of benzene rings is 2. The Kier molecular flexibility index (Phi) is 4.10. The van der Waals surface area contributed by atoms with E-state index in [9.17, 15) is 4.79 Å². The van der Waals surface area contributed by atoms with Gasteiger partial charge in [0.05, 0.1) is 14.1 Å². The van der Waals surface area contributed by atoms with Gasteiger partial charge in [0.1, 0.15) is 35.8 Å². The molecule has 0 amide bonds. The summed E-state index contributed by atoms with van der Waals surface area (Å²) >= 11 is 0. The molecule has 1 aliphatic carbocycles. The highest BCUT2D eigenvalue weighted by atomic mass is 79.9. The second-order valence-corrected chi connectivity index (χ2v) is 9.54. The number of rotatable bonds is 2. The smallest absolute Gasteiger partial charge is 0.321 e. The van der Waals surface area contributed by atoms with Gasteiger partial charge in [0, 0.05) is 12.8 Å². The van der Waals surface area contributed by atoms with Crippen LogP contribution in [0.4, 0.5) is 0 Å². The minimum absolute atomic E-state index is 0. The maximum Gasteiger partial charge on any atom is 0.321 e. The van der Waals surface area contributed by atoms with Gasteiger partial charge in [-0.15, -0.1) is 0 Å². The van der Waals surface area contributed by atoms with Crippen molar-refractivity contribution in [3.05, 3.63) is 59.7 Å². The molecule has 3 saturated heterocycles. The molecule has 0 N–H and O–H groups in total. The van der Waals surface area contributed by atoms with Crippen LogP contribution in [0.3, 0.4) is 0 Å². The molecule has 4 aliphatic rings. The lowest BCUT2D eigenvalue weighted by atomic mass is 9.80. The molecule has 3 aliphatic heterocycles. The zero-order chi connectivity index (χ0) is 19.3. The molecule has 0 aromatic heterocycles. The van der Waals surface area contributed by atoms with E-state index in [2.05, 4.69) is 38.4 Å². The van der Waals surface area contributed by atoms with Crippen LogP contribution in [0.1, 0.15) is 30.9 Å². The fraction of sp³-hybridized carbons (Fsp3) is 0.458. The molecule has 4 nitrogen and oxygen atoms in total. The number of hydrogen-bond acceptors (Lipinski definition) is 3. The summed E-state index contributed by atoms with van der Waals surface area (Å²) in [4.78, 5) is 13.6. The normalized spacial score (nSPS) is 33.7. The van der Waals surface area contributed by atoms with Gasteiger partial charge < -0.3 is 30.9 Å². The van der Waals surface area contributed by atoms with Crippen molar-refractivity contribution in [2.75, 3.05) is 14.1 Å². The minimum Gasteiger partial charge on any atom is -1.00 e. The van der Waals surface area contributed by atoms with E-state index >= 15 is 0 Å². The number of esters is 1. The first-order valence-corrected chi connectivity index (χ1v) is 10.3. The van der Waals surface area contributed by atoms with E-state index in [-0.39, 0.29) is 29.1 Å². The van der Waals surface area contributed by atoms with Gasteiger partial charge >= 0.3 is 5.97 Å². The van der Waals surface area contributed by atoms with E-state index in [1.54, 1.807) is 0 Å². The Morgan fingerprint density at radius 3 is 1.97 bits per heavy atom. The average Bonchev–Trinajstić information content (AvgIpc) is 3.40. The number of carbonyl (C=O) groups is 1. The molecule has 6 rings (SSSR count). The van der Waals surface area contributed by atoms with Crippen LogP contribution in [0.25, 0.3) is 11.1 Å². The Balaban J connectivity index is 0.00000181. The Morgan fingerprint density at radius 1 is 0.966 bits per heavy atom. The second-order valence-electron chi connectivity index (χ2n) is 9.54. The number of piperidine rings is 1. The van der Waals surface area contributed by atoms with Crippen LogP contribution in [0, 0.1) is 0 Å². The summed E-state index contributed by atoms with van der Waals surface area (Å²) in [6.07, 6.45) is 2.52. The molecule has 2 bridgehead atoms. The first kappa shape index (κ1) is 19.3. The minimum atomic E-state index is -0.743. The number of ether oxygens (including phenoxy) is 2. The quantitative estimate of drug-likeness (QED) is 0.370. The van der Waals surface area contributed by atoms with Gasteiger partial charge in [0.25, 0.3) is 0 Å². The van der Waals surface area contributed by atoms with Crippen molar-refractivity contribution in [1.82, 2.24) is 0 Å². The molecule has 29 heavy (non-hydrogen) atoms. The number of nitrogens with zero attached hydrogens (tertiary/aromatic N) is 1. The zero-order valence-corrected chi connectivity index (χ0v) is 18.6. The standard InChI is InChI=1S/C24H26NO3.BrH/c1-24(17-10-6-4-8-15(17)16-9-5-7-11-18(16)24)23(26)27-14-12-19-21-22(28-21)20(13-14)25(19,2)3;/h4-11,14,19-22H,12-13H2,1-3H3;1H/q+1;/p-1/t14?,19-,20?,21+,22?;/m0./s1. The zero-order valence-electron chi connectivity index (χ0n) is 17.0. The Hall–Kier alpha value is -1.69. The van der Waals surface area contributed by atoms with E-state index in [0.29, 0.717) is 24.3 Å². The van der Waals surface area contributed by atoms with Crippen LogP contribution in [0.5, 0.6) is 0 Å². The van der Waals surface area contributed by atoms with Crippen LogP contribution in [-0.4, -0.2) is 54.9 Å². The molecule has 5 atom stereocenters. The van der Waals surface area contributed by atoms with Crippen LogP contribution in [0.2, 0.25) is 0 Å². The SMILES string of the molecule is CC1(C(=O)OC2CC3C4O[C@@H]4[C@H](C2)[N+]3(C)C)c2ccccc2-c2ccccc21.[Br-]. The Bertz CT molecular complexity index is 938. The second kappa shape index (κ2) is 6.16. The summed E-state index contributed by atoms with van der Waals surface area (Å²) in [5.74, 6) is -0.115. The van der Waals surface area contributed by atoms with E-state index in [1.165, 1.54) is 0 Å². The van der Waals surface area contributed by atoms with E-state index < -0.39 is 5.41 Å². The molecule has 3 unspecified atom stereocenters. The first-order chi connectivity index (χ1) is 13.4. The van der Waals surface area contributed by atoms with Crippen molar-refractivity contribution in [2.24, 2.45) is 0 Å². The summed E-state index contributed by atoms with van der Waals surface area (Å²) in [7, 11) is 4.60. The summed E-state index contributed by atoms with van der Waals surface area (Å²) in [6, 6.07) is 17.4. The van der Waals surface area contributed by atoms with Gasteiger partial charge in [-0.3, -0.25) is 4.79 Å². The molecule has 152 valence electrons. The third-order valence-corrected chi connectivity index (χ3v) is 7.94. The van der Waals surface area contributed by atoms with Gasteiger partial charge in [-0.1, -0.05) is 48.5 Å². The predicted molar refractivity (Wildman–Crippen MR) is 106 cm³/mol. The summed E-state index contributed by atoms with van der Waals surface area (Å²) in [5, 5.41) is 0. The maximum atomic E-state index is 13.6. The lowest BCUT2D eigenvalue weighted by Gasteiger charge is -2.45. The van der Waals surface area contributed by atoms with Crippen LogP contribution >= 0.6 is 0 Å². The van der Waals surface area contributed by atoms with Gasteiger partial charge in [-0.05, 0) is 29.2 Å². The fourth-order valence-corrected chi connectivity index (χ4v) is 6.24. The Morgan fingerprint density at radius 2 is 1.45 bits per heavy atom. The van der Waals surface area contributed by atoms with Gasteiger partial charge in [0.2, 0.25) is 0 Å². The summed E-state index contributed by atoms with van der Waals surface area (Å²) < 4.78 is 13.1. The lowest BCUT2D eigenvalue weighted by molar-refractivity contribution is -0.938. The number of carbonyl (C=O) groups excluding carboxylic acids is 1. The van der Waals surface area contributed by atoms with Crippen LogP contribution in [-0.2, 0) is 19.7 Å². The number of hydrogen-bond donors (Lipinski definition) is 0. The molecular weight excluding hydrogens is 430 g/mol. The molecular formula is C24H26BrNO3. The molecule has 3 fully saturated rings. The molecule has 0 saturated carbocycles. The highest BCUT2D eigenvalue weighted by Crippen LogP contribution is 2.53. The number of likely N-dealkylation sites (N-methyl/N-ethyl adjacent to an activating group) is 1. The van der Waals surface area contributed by atoms with Crippen molar-refractivity contribution >= 4 is 5.97 Å². The van der Waals surface area contributed by atoms with Crippen molar-refractivity contribution in [3.8, 4) is 11.1 Å². The molecule has 5 heteroatoms. The average molecular weight is 456 g/mol. The molecule has 0 spiro atoms. The van der Waals surface area contributed by atoms with Gasteiger partial charge in [0.15, 0.2) is 0 Å². The van der Waals surface area contributed by atoms with Crippen LogP contribution in [0.15, 0.2) is 48.5 Å². The van der Waals surface area contributed by atoms with Crippen molar-refractivity contribution < 1.29 is 35.7 Å². The number of epoxide rings is 1. The third kappa shape index (κ3) is 2.41. The lowest BCUT2D eigenvalue weighted by Crippen LogP contribution is -3.00. The van der Waals surface area contributed by atoms with Gasteiger partial charge in [-0.2, -0.15) is 0 Å². The van der Waals surface area contributed by atoms with E-state index in [4.69, 9.17) is 9.47 Å². The number of morpholine rings is 1. The number of quaternary nitrogens is 1. The maximum absolute atomic E-state index is 13.6. The predicted octanol–water partition coefficient (Wildman–Crippen LogP) is 0.277. The van der Waals surface area contributed by atoms with E-state index in [1.807, 2.05) is 31.2 Å². The third-order valence-electron chi connectivity index (χ3n) is 7.94. The molecule has 2 aromatic rings. The topological polar surface area (TPSA) is 38.8 Å². The summed E-state index contributed by atoms with van der Waals surface area (Å²) in [6.45, 7) is 2.03. The van der Waals surface area contributed by atoms with Gasteiger partial charge in [-0.25, -0.2) is 0 Å². The first-order valence-electron chi connectivity index (χ1n) is 10.3. The highest BCUT2D eigenvalue weighted by Gasteiger charge is 2.71. The van der Waals surface area contributed by atoms with E-state index in [0.717, 1.165) is 39.6 Å². The van der Waals surface area contributed by atoms with Crippen molar-refractivity contribution in [1.29, 1.82) is 0 Å². The molecule has 0 radical (unpaired) electrons. The molecule has 3 heterocycles. The fourth-order valence-electron chi connectivity index (χ4n) is 6.24. The number of halogens is 1. The monoisotopic (exact) mass is 455 g/mol. The van der Waals surface area contributed by atoms with Crippen molar-refractivity contribution in [3.63, 3.8) is 0 Å².